The average molecular weight is 501 g/mol. The van der Waals surface area contributed by atoms with E-state index in [1.54, 1.807) is 26.0 Å². The molecule has 0 saturated heterocycles. The summed E-state index contributed by atoms with van der Waals surface area (Å²) in [5.74, 6) is -0.537. The molecule has 3 aromatic rings. The number of ether oxygens (including phenoxy) is 3. The first-order valence-electron chi connectivity index (χ1n) is 10.7. The van der Waals surface area contributed by atoms with Gasteiger partial charge in [-0.25, -0.2) is 9.79 Å². The number of esters is 1. The Bertz CT molecular complexity index is 1460. The Morgan fingerprint density at radius 3 is 2.60 bits per heavy atom. The minimum Gasteiger partial charge on any atom is -0.493 e. The molecule has 0 fully saturated rings. The summed E-state index contributed by atoms with van der Waals surface area (Å²) >= 11 is 1.16. The normalized spacial score (nSPS) is 15.6. The zero-order chi connectivity index (χ0) is 25.1. The SMILES string of the molecule is CCOC(=O)C1=C(C)N=c2s/c(=C/c3ccc(OC(F)F)c(OC)c3)c(=O)n2[C@@H]1c1ccccc1. The molecule has 0 amide bonds. The van der Waals surface area contributed by atoms with Gasteiger partial charge < -0.3 is 14.2 Å². The van der Waals surface area contributed by atoms with Crippen LogP contribution in [0.5, 0.6) is 11.5 Å². The van der Waals surface area contributed by atoms with Crippen LogP contribution in [-0.2, 0) is 9.53 Å². The van der Waals surface area contributed by atoms with E-state index in [9.17, 15) is 18.4 Å². The number of halogens is 2. The minimum atomic E-state index is -2.99. The Balaban J connectivity index is 1.87. The smallest absolute Gasteiger partial charge is 0.387 e. The molecule has 0 N–H and O–H groups in total. The molecule has 1 atom stereocenters. The molecule has 1 aromatic heterocycles. The second-order valence-electron chi connectivity index (χ2n) is 7.50. The number of methoxy groups -OCH3 is 1. The first-order chi connectivity index (χ1) is 16.8. The van der Waals surface area contributed by atoms with Gasteiger partial charge in [-0.3, -0.25) is 9.36 Å². The number of carbonyl (C=O) groups excluding carboxylic acids is 1. The van der Waals surface area contributed by atoms with E-state index in [4.69, 9.17) is 9.47 Å². The van der Waals surface area contributed by atoms with Gasteiger partial charge in [0.15, 0.2) is 16.3 Å². The number of alkyl halides is 2. The maximum atomic E-state index is 13.6. The van der Waals surface area contributed by atoms with Crippen LogP contribution in [0, 0.1) is 0 Å². The minimum absolute atomic E-state index is 0.106. The molecular weight excluding hydrogens is 478 g/mol. The molecule has 1 aliphatic heterocycles. The van der Waals surface area contributed by atoms with Crippen molar-refractivity contribution in [2.24, 2.45) is 4.99 Å². The molecule has 0 unspecified atom stereocenters. The molecule has 7 nitrogen and oxygen atoms in total. The van der Waals surface area contributed by atoms with Crippen molar-refractivity contribution in [1.82, 2.24) is 4.57 Å². The van der Waals surface area contributed by atoms with Gasteiger partial charge in [-0.2, -0.15) is 8.78 Å². The predicted molar refractivity (Wildman–Crippen MR) is 126 cm³/mol. The molecule has 0 radical (unpaired) electrons. The van der Waals surface area contributed by atoms with Gasteiger partial charge in [0.25, 0.3) is 5.56 Å². The third-order valence-electron chi connectivity index (χ3n) is 5.33. The third-order valence-corrected chi connectivity index (χ3v) is 6.32. The highest BCUT2D eigenvalue weighted by molar-refractivity contribution is 7.07. The van der Waals surface area contributed by atoms with Crippen LogP contribution in [0.2, 0.25) is 0 Å². The second-order valence-corrected chi connectivity index (χ2v) is 8.51. The van der Waals surface area contributed by atoms with E-state index in [-0.39, 0.29) is 23.7 Å². The van der Waals surface area contributed by atoms with Crippen molar-refractivity contribution in [3.05, 3.63) is 90.6 Å². The summed E-state index contributed by atoms with van der Waals surface area (Å²) in [5.41, 5.74) is 1.72. The van der Waals surface area contributed by atoms with Gasteiger partial charge in [0, 0.05) is 0 Å². The van der Waals surface area contributed by atoms with Crippen LogP contribution in [0.15, 0.2) is 69.6 Å². The zero-order valence-electron chi connectivity index (χ0n) is 19.2. The third kappa shape index (κ3) is 4.88. The number of carbonyl (C=O) groups is 1. The Labute approximate surface area is 203 Å². The summed E-state index contributed by atoms with van der Waals surface area (Å²) < 4.78 is 42.0. The summed E-state index contributed by atoms with van der Waals surface area (Å²) in [7, 11) is 1.34. The second kappa shape index (κ2) is 10.2. The van der Waals surface area contributed by atoms with Crippen LogP contribution < -0.4 is 24.4 Å². The van der Waals surface area contributed by atoms with E-state index in [2.05, 4.69) is 9.73 Å². The van der Waals surface area contributed by atoms with Gasteiger partial charge in [0.2, 0.25) is 0 Å². The van der Waals surface area contributed by atoms with Gasteiger partial charge in [0.05, 0.1) is 35.6 Å². The largest absolute Gasteiger partial charge is 0.493 e. The molecule has 0 saturated carbocycles. The lowest BCUT2D eigenvalue weighted by atomic mass is 9.96. The fraction of sp³-hybridized carbons (Fsp3) is 0.240. The zero-order valence-corrected chi connectivity index (χ0v) is 20.0. The maximum Gasteiger partial charge on any atom is 0.387 e. The van der Waals surface area contributed by atoms with Gasteiger partial charge in [-0.15, -0.1) is 0 Å². The molecular formula is C25H22F2N2O5S. The molecule has 1 aliphatic rings. The molecule has 2 aromatic carbocycles. The lowest BCUT2D eigenvalue weighted by Crippen LogP contribution is -2.39. The number of allylic oxidation sites excluding steroid dienone is 1. The molecule has 0 aliphatic carbocycles. The highest BCUT2D eigenvalue weighted by Gasteiger charge is 2.33. The quantitative estimate of drug-likeness (QED) is 0.465. The topological polar surface area (TPSA) is 79.1 Å². The molecule has 182 valence electrons. The lowest BCUT2D eigenvalue weighted by Gasteiger charge is -2.24. The number of aromatic nitrogens is 1. The van der Waals surface area contributed by atoms with Gasteiger partial charge in [-0.05, 0) is 43.2 Å². The summed E-state index contributed by atoms with van der Waals surface area (Å²) in [6, 6.07) is 12.9. The predicted octanol–water partition coefficient (Wildman–Crippen LogP) is 3.41. The van der Waals surface area contributed by atoms with E-state index >= 15 is 0 Å². The highest BCUT2D eigenvalue weighted by Crippen LogP contribution is 2.31. The average Bonchev–Trinajstić information content (AvgIpc) is 3.13. The van der Waals surface area contributed by atoms with Crippen LogP contribution in [0.3, 0.4) is 0 Å². The first kappa shape index (κ1) is 24.3. The van der Waals surface area contributed by atoms with Crippen LogP contribution in [0.4, 0.5) is 8.78 Å². The Morgan fingerprint density at radius 2 is 1.94 bits per heavy atom. The summed E-state index contributed by atoms with van der Waals surface area (Å²) in [6.45, 7) is 0.626. The number of nitrogens with zero attached hydrogens (tertiary/aromatic N) is 2. The number of benzene rings is 2. The monoisotopic (exact) mass is 500 g/mol. The Hall–Kier alpha value is -3.79. The highest BCUT2D eigenvalue weighted by atomic mass is 32.1. The number of hydrogen-bond donors (Lipinski definition) is 0. The Morgan fingerprint density at radius 1 is 1.20 bits per heavy atom. The van der Waals surface area contributed by atoms with Crippen molar-refractivity contribution in [2.45, 2.75) is 26.5 Å². The molecule has 0 spiro atoms. The van der Waals surface area contributed by atoms with Gasteiger partial charge >= 0.3 is 12.6 Å². The van der Waals surface area contributed by atoms with E-state index in [1.807, 2.05) is 30.3 Å². The standard InChI is InChI=1S/C25H22F2N2O5S/c1-4-33-23(31)20-14(2)28-25-29(21(20)16-8-6-5-7-9-16)22(30)19(35-25)13-15-10-11-17(34-24(26)27)18(12-15)32-3/h5-13,21,24H,4H2,1-3H3/b19-13+/t21-/m1/s1. The van der Waals surface area contributed by atoms with Crippen molar-refractivity contribution in [3.63, 3.8) is 0 Å². The van der Waals surface area contributed by atoms with Gasteiger partial charge in [0.1, 0.15) is 0 Å². The van der Waals surface area contributed by atoms with Crippen molar-refractivity contribution >= 4 is 23.4 Å². The van der Waals surface area contributed by atoms with Gasteiger partial charge in [-0.1, -0.05) is 47.7 Å². The van der Waals surface area contributed by atoms with Crippen molar-refractivity contribution in [3.8, 4) is 11.5 Å². The van der Waals surface area contributed by atoms with Crippen molar-refractivity contribution in [1.29, 1.82) is 0 Å². The molecule has 35 heavy (non-hydrogen) atoms. The number of fused-ring (bicyclic) bond motifs is 1. The summed E-state index contributed by atoms with van der Waals surface area (Å²) in [5, 5.41) is 0. The maximum absolute atomic E-state index is 13.6. The fourth-order valence-corrected chi connectivity index (χ4v) is 4.91. The lowest BCUT2D eigenvalue weighted by molar-refractivity contribution is -0.139. The van der Waals surface area contributed by atoms with Crippen LogP contribution in [0.25, 0.3) is 6.08 Å². The number of hydrogen-bond acceptors (Lipinski definition) is 7. The van der Waals surface area contributed by atoms with Crippen LogP contribution >= 0.6 is 11.3 Å². The van der Waals surface area contributed by atoms with Crippen molar-refractivity contribution < 1.29 is 27.8 Å². The molecule has 0 bridgehead atoms. The van der Waals surface area contributed by atoms with Crippen LogP contribution in [0.1, 0.15) is 31.0 Å². The van der Waals surface area contributed by atoms with Crippen LogP contribution in [-0.4, -0.2) is 30.9 Å². The Kier molecular flexibility index (Phi) is 7.11. The molecule has 2 heterocycles. The summed E-state index contributed by atoms with van der Waals surface area (Å²) in [6.07, 6.45) is 1.62. The van der Waals surface area contributed by atoms with E-state index in [0.29, 0.717) is 26.2 Å². The van der Waals surface area contributed by atoms with Crippen molar-refractivity contribution in [2.75, 3.05) is 13.7 Å². The summed E-state index contributed by atoms with van der Waals surface area (Å²) in [4.78, 5) is 31.4. The van der Waals surface area contributed by atoms with E-state index < -0.39 is 18.6 Å². The van der Waals surface area contributed by atoms with E-state index in [0.717, 1.165) is 16.9 Å². The number of thiazole rings is 1. The molecule has 10 heteroatoms. The molecule has 4 rings (SSSR count). The fourth-order valence-electron chi connectivity index (χ4n) is 3.86. The van der Waals surface area contributed by atoms with E-state index in [1.165, 1.54) is 23.8 Å². The number of rotatable bonds is 7. The first-order valence-corrected chi connectivity index (χ1v) is 11.5.